The molecule has 3 aromatic rings. The fourth-order valence-corrected chi connectivity index (χ4v) is 2.26. The van der Waals surface area contributed by atoms with Crippen molar-refractivity contribution in [2.75, 3.05) is 0 Å². The van der Waals surface area contributed by atoms with Gasteiger partial charge in [-0.2, -0.15) is 6.07 Å². The van der Waals surface area contributed by atoms with E-state index in [0.717, 1.165) is 5.56 Å². The molecule has 0 aliphatic carbocycles. The fourth-order valence-electron chi connectivity index (χ4n) is 2.11. The summed E-state index contributed by atoms with van der Waals surface area (Å²) >= 11 is 5.78. The summed E-state index contributed by atoms with van der Waals surface area (Å²) in [5.41, 5.74) is 2.95. The first-order valence-corrected chi connectivity index (χ1v) is 6.91. The van der Waals surface area contributed by atoms with Crippen molar-refractivity contribution in [2.24, 2.45) is 0 Å². The third-order valence-electron chi connectivity index (χ3n) is 3.29. The van der Waals surface area contributed by atoms with Gasteiger partial charge in [0.1, 0.15) is 0 Å². The van der Waals surface area contributed by atoms with Crippen molar-refractivity contribution < 1.29 is 31.3 Å². The molecule has 0 aromatic heterocycles. The maximum atomic E-state index is 10.9. The molecule has 0 amide bonds. The van der Waals surface area contributed by atoms with Crippen LogP contribution >= 0.6 is 11.6 Å². The summed E-state index contributed by atoms with van der Waals surface area (Å²) in [4.78, 5) is 0. The smallest absolute Gasteiger partial charge is 0.872 e. The molecule has 0 spiro atoms. The van der Waals surface area contributed by atoms with E-state index in [-0.39, 0.29) is 32.0 Å². The Morgan fingerprint density at radius 1 is 1.00 bits per heavy atom. The van der Waals surface area contributed by atoms with Crippen molar-refractivity contribution in [3.63, 3.8) is 0 Å². The first-order valence-electron chi connectivity index (χ1n) is 6.54. The molecule has 0 fully saturated rings. The average Bonchev–Trinajstić information content (AvgIpc) is 2.81. The van der Waals surface area contributed by atoms with E-state index >= 15 is 0 Å². The standard InChI is InChI=1S/C10H9.C8H9ClO.Zr/c1-8-6-9-4-2-3-5-10(9)7-8;1-5-3-4-7(10)6(2)8(5)9;/h2-7H,1H3;3-4,10H,1-2H3;/q-1;;+2/p-1. The van der Waals surface area contributed by atoms with E-state index < -0.39 is 0 Å². The minimum atomic E-state index is 0. The summed E-state index contributed by atoms with van der Waals surface area (Å²) in [6.07, 6.45) is 0. The topological polar surface area (TPSA) is 23.1 Å². The minimum absolute atomic E-state index is 0. The van der Waals surface area contributed by atoms with E-state index in [1.807, 2.05) is 6.92 Å². The van der Waals surface area contributed by atoms with Gasteiger partial charge in [0.05, 0.1) is 0 Å². The number of hydrogen-bond donors (Lipinski definition) is 0. The van der Waals surface area contributed by atoms with Crippen molar-refractivity contribution in [1.82, 2.24) is 0 Å². The number of fused-ring (bicyclic) bond motifs is 1. The molecule has 0 aliphatic rings. The van der Waals surface area contributed by atoms with Gasteiger partial charge in [-0.15, -0.1) is 46.4 Å². The first kappa shape index (κ1) is 18.1. The molecule has 1 nitrogen and oxygen atoms in total. The van der Waals surface area contributed by atoms with Gasteiger partial charge in [0.2, 0.25) is 0 Å². The van der Waals surface area contributed by atoms with Crippen LogP contribution < -0.4 is 5.11 Å². The molecule has 106 valence electrons. The van der Waals surface area contributed by atoms with Gasteiger partial charge in [0, 0.05) is 5.02 Å². The molecular weight excluding hydrogens is 359 g/mol. The van der Waals surface area contributed by atoms with Crippen molar-refractivity contribution in [3.05, 3.63) is 70.2 Å². The van der Waals surface area contributed by atoms with Crippen molar-refractivity contribution in [2.45, 2.75) is 20.8 Å². The van der Waals surface area contributed by atoms with Crippen molar-refractivity contribution in [3.8, 4) is 5.75 Å². The van der Waals surface area contributed by atoms with Crippen molar-refractivity contribution in [1.29, 1.82) is 0 Å². The molecule has 3 rings (SSSR count). The van der Waals surface area contributed by atoms with Crippen LogP contribution in [0.2, 0.25) is 5.02 Å². The molecule has 0 aliphatic heterocycles. The zero-order chi connectivity index (χ0) is 14.7. The van der Waals surface area contributed by atoms with Crippen LogP contribution in [0.15, 0.2) is 48.5 Å². The summed E-state index contributed by atoms with van der Waals surface area (Å²) in [6.45, 7) is 5.74. The molecule has 0 unspecified atom stereocenters. The summed E-state index contributed by atoms with van der Waals surface area (Å²) in [6, 6.07) is 16.1. The van der Waals surface area contributed by atoms with Gasteiger partial charge >= 0.3 is 26.2 Å². The van der Waals surface area contributed by atoms with Crippen LogP contribution in [0.5, 0.6) is 5.75 Å². The predicted octanol–water partition coefficient (Wildman–Crippen LogP) is 4.90. The second-order valence-electron chi connectivity index (χ2n) is 4.98. The Balaban J connectivity index is 0.000000200. The van der Waals surface area contributed by atoms with Gasteiger partial charge in [-0.25, -0.2) is 0 Å². The molecule has 3 heteroatoms. The van der Waals surface area contributed by atoms with Crippen LogP contribution in [-0.2, 0) is 26.2 Å². The van der Waals surface area contributed by atoms with E-state index in [1.54, 1.807) is 13.0 Å². The summed E-state index contributed by atoms with van der Waals surface area (Å²) < 4.78 is 0. The van der Waals surface area contributed by atoms with Crippen LogP contribution in [0, 0.1) is 20.8 Å². The molecule has 0 atom stereocenters. The average molecular weight is 376 g/mol. The number of hydrogen-bond acceptors (Lipinski definition) is 1. The number of halogens is 1. The molecule has 0 bridgehead atoms. The van der Waals surface area contributed by atoms with Gasteiger partial charge in [-0.1, -0.05) is 36.7 Å². The van der Waals surface area contributed by atoms with E-state index in [9.17, 15) is 5.11 Å². The SMILES string of the molecule is Cc1cc2ccccc2[cH-]1.Cc1ccc([O-])c(C)c1Cl.[Zr+2]. The van der Waals surface area contributed by atoms with E-state index in [1.165, 1.54) is 22.4 Å². The number of aryl methyl sites for hydroxylation is 2. The van der Waals surface area contributed by atoms with E-state index in [0.29, 0.717) is 10.6 Å². The molecular formula is C18H17ClOZr. The van der Waals surface area contributed by atoms with Gasteiger partial charge in [0.25, 0.3) is 0 Å². The zero-order valence-electron chi connectivity index (χ0n) is 12.4. The van der Waals surface area contributed by atoms with Crippen LogP contribution in [0.4, 0.5) is 0 Å². The Hall–Kier alpha value is -0.977. The summed E-state index contributed by atoms with van der Waals surface area (Å²) in [7, 11) is 0. The second-order valence-corrected chi connectivity index (χ2v) is 5.36. The van der Waals surface area contributed by atoms with E-state index in [4.69, 9.17) is 11.6 Å². The number of rotatable bonds is 0. The van der Waals surface area contributed by atoms with Gasteiger partial charge < -0.3 is 5.11 Å². The number of benzene rings is 2. The monoisotopic (exact) mass is 374 g/mol. The molecule has 0 heterocycles. The van der Waals surface area contributed by atoms with Crippen molar-refractivity contribution >= 4 is 22.4 Å². The maximum Gasteiger partial charge on any atom is 2.00 e. The quantitative estimate of drug-likeness (QED) is 0.513. The summed E-state index contributed by atoms with van der Waals surface area (Å²) in [5.74, 6) is 0.00981. The molecule has 0 N–H and O–H groups in total. The first-order chi connectivity index (χ1) is 9.49. The fraction of sp³-hybridized carbons (Fsp3) is 0.167. The Morgan fingerprint density at radius 3 is 2.29 bits per heavy atom. The van der Waals surface area contributed by atoms with Crippen LogP contribution in [-0.4, -0.2) is 0 Å². The predicted molar refractivity (Wildman–Crippen MR) is 84.7 cm³/mol. The maximum absolute atomic E-state index is 10.9. The molecule has 21 heavy (non-hydrogen) atoms. The summed E-state index contributed by atoms with van der Waals surface area (Å²) in [5, 5.41) is 14.2. The molecule has 0 saturated carbocycles. The second kappa shape index (κ2) is 7.87. The van der Waals surface area contributed by atoms with Crippen LogP contribution in [0.3, 0.4) is 0 Å². The minimum Gasteiger partial charge on any atom is -0.872 e. The zero-order valence-corrected chi connectivity index (χ0v) is 15.6. The normalized spacial score (nSPS) is 9.71. The van der Waals surface area contributed by atoms with Gasteiger partial charge in [0.15, 0.2) is 0 Å². The van der Waals surface area contributed by atoms with E-state index in [2.05, 4.69) is 43.3 Å². The van der Waals surface area contributed by atoms with Crippen LogP contribution in [0.1, 0.15) is 16.7 Å². The Kier molecular flexibility index (Phi) is 6.77. The largest absolute Gasteiger partial charge is 2.00 e. The Morgan fingerprint density at radius 2 is 1.67 bits per heavy atom. The Labute approximate surface area is 150 Å². The van der Waals surface area contributed by atoms with Gasteiger partial charge in [-0.3, -0.25) is 0 Å². The molecule has 0 saturated heterocycles. The van der Waals surface area contributed by atoms with Crippen LogP contribution in [0.25, 0.3) is 10.8 Å². The molecule has 3 aromatic carbocycles. The Bertz CT molecular complexity index is 671. The van der Waals surface area contributed by atoms with Gasteiger partial charge in [-0.05, 0) is 25.0 Å². The third-order valence-corrected chi connectivity index (χ3v) is 3.87. The third kappa shape index (κ3) is 4.49. The molecule has 0 radical (unpaired) electrons.